The summed E-state index contributed by atoms with van der Waals surface area (Å²) in [5, 5.41) is 19.9. The van der Waals surface area contributed by atoms with Crippen LogP contribution in [0.25, 0.3) is 11.6 Å². The van der Waals surface area contributed by atoms with E-state index in [9.17, 15) is 32.7 Å². The average molecular weight is 845 g/mol. The number of carbonyl (C=O) groups excluding carboxylic acids is 3. The Morgan fingerprint density at radius 2 is 1.32 bits per heavy atom. The van der Waals surface area contributed by atoms with E-state index in [1.165, 1.54) is 0 Å². The SMILES string of the molecule is CC=c1ccc2c(c1)Oc1cc(C)ccc1C=2c1ccc(S(=O)(=O)NCCCCCCC(=O)NCCCCC(NC(=O)CCCCCCC(=O)NCCCC)C(=O)O)cc1. The standard InChI is InChI=1S/C47H64N4O8S/c1-4-6-29-48-43(52)18-11-7-8-13-20-45(54)51-40(47(55)56)17-14-16-30-49-44(53)19-12-9-10-15-31-50-60(57,58)37-25-23-36(24-26-37)46-38-27-21-34(3)32-41(38)59-42-33-35(5-2)22-28-39(42)46/h5,21-28,32-33,40,50H,4,6-20,29-31H2,1-3H3,(H,48,52)(H,49,53)(H,51,54)(H,55,56). The summed E-state index contributed by atoms with van der Waals surface area (Å²) in [6.45, 7) is 7.50. The minimum atomic E-state index is -3.71. The number of hydrogen-bond donors (Lipinski definition) is 5. The largest absolute Gasteiger partial charge is 0.480 e. The Morgan fingerprint density at radius 3 is 1.95 bits per heavy atom. The van der Waals surface area contributed by atoms with Crippen molar-refractivity contribution >= 4 is 45.4 Å². The maximum Gasteiger partial charge on any atom is 0.326 e. The molecule has 0 saturated heterocycles. The molecule has 1 aliphatic heterocycles. The number of amides is 3. The summed E-state index contributed by atoms with van der Waals surface area (Å²) in [7, 11) is -3.71. The van der Waals surface area contributed by atoms with E-state index < -0.39 is 22.0 Å². The van der Waals surface area contributed by atoms with Gasteiger partial charge in [-0.2, -0.15) is 0 Å². The van der Waals surface area contributed by atoms with Gasteiger partial charge >= 0.3 is 5.97 Å². The summed E-state index contributed by atoms with van der Waals surface area (Å²) in [5.41, 5.74) is 3.92. The first-order valence-electron chi connectivity index (χ1n) is 21.7. The molecule has 0 fully saturated rings. The third kappa shape index (κ3) is 15.5. The molecule has 3 aromatic carbocycles. The van der Waals surface area contributed by atoms with Crippen molar-refractivity contribution in [2.45, 2.75) is 134 Å². The fourth-order valence-electron chi connectivity index (χ4n) is 7.09. The number of carboxylic acids is 1. The molecule has 0 spiro atoms. The Balaban J connectivity index is 1.07. The lowest BCUT2D eigenvalue weighted by molar-refractivity contribution is -0.142. The van der Waals surface area contributed by atoms with Crippen molar-refractivity contribution in [3.63, 3.8) is 0 Å². The molecule has 1 atom stereocenters. The van der Waals surface area contributed by atoms with Gasteiger partial charge in [0.25, 0.3) is 0 Å². The molecular formula is C47H64N4O8S. The van der Waals surface area contributed by atoms with Crippen molar-refractivity contribution in [1.29, 1.82) is 0 Å². The molecule has 0 saturated carbocycles. The molecule has 12 nitrogen and oxygen atoms in total. The molecule has 1 aliphatic rings. The van der Waals surface area contributed by atoms with E-state index in [4.69, 9.17) is 4.74 Å². The van der Waals surface area contributed by atoms with Gasteiger partial charge in [0.05, 0.1) is 4.90 Å². The van der Waals surface area contributed by atoms with Gasteiger partial charge in [-0.05, 0) is 106 Å². The number of sulfonamides is 1. The van der Waals surface area contributed by atoms with Crippen LogP contribution in [0, 0.1) is 6.92 Å². The second-order valence-corrected chi connectivity index (χ2v) is 17.3. The van der Waals surface area contributed by atoms with E-state index in [0.717, 1.165) is 89.1 Å². The van der Waals surface area contributed by atoms with Crippen LogP contribution in [0.15, 0.2) is 65.6 Å². The minimum absolute atomic E-state index is 0.0577. The first-order valence-corrected chi connectivity index (χ1v) is 23.2. The number of aryl methyl sites for hydroxylation is 1. The molecule has 0 bridgehead atoms. The van der Waals surface area contributed by atoms with Crippen LogP contribution in [0.1, 0.15) is 133 Å². The first kappa shape index (κ1) is 47.7. The van der Waals surface area contributed by atoms with Gasteiger partial charge in [-0.15, -0.1) is 0 Å². The quantitative estimate of drug-likeness (QED) is 0.0423. The second-order valence-electron chi connectivity index (χ2n) is 15.5. The maximum absolute atomic E-state index is 13.1. The van der Waals surface area contributed by atoms with Crippen molar-refractivity contribution in [3.05, 3.63) is 87.8 Å². The lowest BCUT2D eigenvalue weighted by Crippen LogP contribution is -2.40. The second kappa shape index (κ2) is 24.9. The monoisotopic (exact) mass is 844 g/mol. The van der Waals surface area contributed by atoms with E-state index in [1.54, 1.807) is 12.1 Å². The van der Waals surface area contributed by atoms with Crippen molar-refractivity contribution in [2.75, 3.05) is 19.6 Å². The molecule has 5 N–H and O–H groups in total. The van der Waals surface area contributed by atoms with E-state index in [2.05, 4.69) is 27.6 Å². The third-order valence-electron chi connectivity index (χ3n) is 10.6. The summed E-state index contributed by atoms with van der Waals surface area (Å²) in [6.07, 6.45) is 12.4. The third-order valence-corrected chi connectivity index (χ3v) is 12.1. The lowest BCUT2D eigenvalue weighted by atomic mass is 9.92. The molecule has 60 heavy (non-hydrogen) atoms. The van der Waals surface area contributed by atoms with Crippen LogP contribution in [0.2, 0.25) is 0 Å². The van der Waals surface area contributed by atoms with Gasteiger partial charge in [0.1, 0.15) is 17.5 Å². The Hall–Kier alpha value is -5.01. The predicted molar refractivity (Wildman–Crippen MR) is 235 cm³/mol. The number of unbranched alkanes of at least 4 members (excludes halogenated alkanes) is 8. The van der Waals surface area contributed by atoms with Gasteiger partial charge in [0.15, 0.2) is 0 Å². The topological polar surface area (TPSA) is 180 Å². The Morgan fingerprint density at radius 1 is 0.700 bits per heavy atom. The fraction of sp³-hybridized carbons (Fsp3) is 0.489. The number of carboxylic acid groups (broad SMARTS) is 1. The van der Waals surface area contributed by atoms with Crippen LogP contribution in [-0.2, 0) is 29.2 Å². The van der Waals surface area contributed by atoms with E-state index >= 15 is 0 Å². The molecule has 3 aromatic rings. The number of fused-ring (bicyclic) bond motifs is 2. The van der Waals surface area contributed by atoms with Gasteiger partial charge in [0.2, 0.25) is 27.7 Å². The predicted octanol–water partition coefficient (Wildman–Crippen LogP) is 6.49. The highest BCUT2D eigenvalue weighted by molar-refractivity contribution is 7.89. The molecule has 0 aromatic heterocycles. The van der Waals surface area contributed by atoms with Crippen molar-refractivity contribution in [3.8, 4) is 11.5 Å². The molecule has 326 valence electrons. The van der Waals surface area contributed by atoms with Crippen LogP contribution in [0.5, 0.6) is 11.5 Å². The van der Waals surface area contributed by atoms with Gasteiger partial charge in [-0.25, -0.2) is 17.9 Å². The zero-order valence-corrected chi connectivity index (χ0v) is 36.4. The van der Waals surface area contributed by atoms with E-state index in [0.29, 0.717) is 64.6 Å². The summed E-state index contributed by atoms with van der Waals surface area (Å²) >= 11 is 0. The molecule has 0 radical (unpaired) electrons. The summed E-state index contributed by atoms with van der Waals surface area (Å²) < 4.78 is 35.3. The molecule has 1 unspecified atom stereocenters. The Labute approximate surface area is 355 Å². The first-order chi connectivity index (χ1) is 28.9. The summed E-state index contributed by atoms with van der Waals surface area (Å²) in [5.74, 6) is 0.138. The van der Waals surface area contributed by atoms with Gasteiger partial charge in [0, 0.05) is 55.3 Å². The number of rotatable bonds is 27. The summed E-state index contributed by atoms with van der Waals surface area (Å²) in [6, 6.07) is 18.2. The highest BCUT2D eigenvalue weighted by Gasteiger charge is 2.22. The number of carbonyl (C=O) groups is 4. The van der Waals surface area contributed by atoms with Gasteiger partial charge in [-0.1, -0.05) is 81.5 Å². The molecule has 3 amide bonds. The van der Waals surface area contributed by atoms with Crippen LogP contribution in [-0.4, -0.2) is 62.9 Å². The molecule has 1 heterocycles. The minimum Gasteiger partial charge on any atom is -0.480 e. The number of ether oxygens (including phenoxy) is 1. The Bertz CT molecular complexity index is 2140. The highest BCUT2D eigenvalue weighted by atomic mass is 32.2. The van der Waals surface area contributed by atoms with Gasteiger partial charge < -0.3 is 25.8 Å². The zero-order chi connectivity index (χ0) is 43.3. The van der Waals surface area contributed by atoms with Gasteiger partial charge in [-0.3, -0.25) is 14.4 Å². The van der Waals surface area contributed by atoms with Crippen molar-refractivity contribution < 1.29 is 37.4 Å². The number of aliphatic carboxylic acids is 1. The Kier molecular flexibility index (Phi) is 19.8. The molecular weight excluding hydrogens is 781 g/mol. The number of nitrogens with one attached hydrogen (secondary N) is 4. The van der Waals surface area contributed by atoms with Crippen molar-refractivity contribution in [1.82, 2.24) is 20.7 Å². The average Bonchev–Trinajstić information content (AvgIpc) is 3.22. The molecule has 0 aliphatic carbocycles. The van der Waals surface area contributed by atoms with E-state index in [1.807, 2.05) is 68.5 Å². The number of hydrogen-bond acceptors (Lipinski definition) is 7. The summed E-state index contributed by atoms with van der Waals surface area (Å²) in [4.78, 5) is 48.3. The fourth-order valence-corrected chi connectivity index (χ4v) is 8.16. The molecule has 4 rings (SSSR count). The maximum atomic E-state index is 13.1. The van der Waals surface area contributed by atoms with Crippen LogP contribution in [0.3, 0.4) is 0 Å². The van der Waals surface area contributed by atoms with Crippen molar-refractivity contribution in [2.24, 2.45) is 0 Å². The molecule has 13 heteroatoms. The van der Waals surface area contributed by atoms with E-state index in [-0.39, 0.29) is 35.5 Å². The number of benzene rings is 3. The zero-order valence-electron chi connectivity index (χ0n) is 35.6. The van der Waals surface area contributed by atoms with Crippen LogP contribution >= 0.6 is 0 Å². The smallest absolute Gasteiger partial charge is 0.326 e. The normalized spacial score (nSPS) is 12.8. The van der Waals surface area contributed by atoms with Crippen LogP contribution < -0.4 is 35.8 Å². The lowest BCUT2D eigenvalue weighted by Gasteiger charge is -2.21. The van der Waals surface area contributed by atoms with Crippen LogP contribution in [0.4, 0.5) is 0 Å². The highest BCUT2D eigenvalue weighted by Crippen LogP contribution is 2.36.